The van der Waals surface area contributed by atoms with Gasteiger partial charge in [-0.3, -0.25) is 0 Å². The standard InChI is InChI=1S/C16H10Cl2N4O/c17-13-2-1-12(7-14(13)18)10-23-16-4-6-21-22(16)15-8-11(9-19)3-5-20-15/h1-8H,10H2. The number of benzene rings is 1. The van der Waals surface area contributed by atoms with Gasteiger partial charge < -0.3 is 4.74 Å². The molecule has 3 aromatic rings. The van der Waals surface area contributed by atoms with Gasteiger partial charge in [0.05, 0.1) is 27.9 Å². The minimum Gasteiger partial charge on any atom is -0.473 e. The molecule has 2 aromatic heterocycles. The number of halogens is 2. The molecule has 1 aromatic carbocycles. The molecule has 23 heavy (non-hydrogen) atoms. The topological polar surface area (TPSA) is 63.7 Å². The molecular formula is C16H10Cl2N4O. The van der Waals surface area contributed by atoms with Crippen molar-refractivity contribution in [2.24, 2.45) is 0 Å². The van der Waals surface area contributed by atoms with Crippen LogP contribution in [0.15, 0.2) is 48.8 Å². The lowest BCUT2D eigenvalue weighted by atomic mass is 10.2. The summed E-state index contributed by atoms with van der Waals surface area (Å²) in [4.78, 5) is 4.20. The van der Waals surface area contributed by atoms with Crippen molar-refractivity contribution in [2.45, 2.75) is 6.61 Å². The van der Waals surface area contributed by atoms with Crippen LogP contribution in [0.4, 0.5) is 0 Å². The van der Waals surface area contributed by atoms with E-state index in [1.807, 2.05) is 6.07 Å². The average molecular weight is 345 g/mol. The molecule has 0 radical (unpaired) electrons. The summed E-state index contributed by atoms with van der Waals surface area (Å²) in [6, 6.07) is 12.4. The SMILES string of the molecule is N#Cc1ccnc(-n2nccc2OCc2ccc(Cl)c(Cl)c2)c1. The predicted molar refractivity (Wildman–Crippen MR) is 86.9 cm³/mol. The maximum absolute atomic E-state index is 8.97. The number of aromatic nitrogens is 3. The van der Waals surface area contributed by atoms with E-state index in [-0.39, 0.29) is 0 Å². The maximum atomic E-state index is 8.97. The highest BCUT2D eigenvalue weighted by atomic mass is 35.5. The van der Waals surface area contributed by atoms with Gasteiger partial charge in [0.1, 0.15) is 6.61 Å². The van der Waals surface area contributed by atoms with Crippen LogP contribution in [-0.4, -0.2) is 14.8 Å². The molecule has 0 aliphatic carbocycles. The molecule has 3 rings (SSSR count). The van der Waals surface area contributed by atoms with Gasteiger partial charge in [0, 0.05) is 18.3 Å². The molecule has 0 N–H and O–H groups in total. The van der Waals surface area contributed by atoms with E-state index < -0.39 is 0 Å². The molecule has 114 valence electrons. The molecule has 2 heterocycles. The van der Waals surface area contributed by atoms with E-state index >= 15 is 0 Å². The highest BCUT2D eigenvalue weighted by Gasteiger charge is 2.09. The van der Waals surface area contributed by atoms with Crippen LogP contribution in [0.1, 0.15) is 11.1 Å². The molecule has 0 spiro atoms. The first-order chi connectivity index (χ1) is 11.2. The lowest BCUT2D eigenvalue weighted by molar-refractivity contribution is 0.284. The summed E-state index contributed by atoms with van der Waals surface area (Å²) in [5.74, 6) is 1.02. The molecule has 0 saturated carbocycles. The Hall–Kier alpha value is -2.55. The lowest BCUT2D eigenvalue weighted by Crippen LogP contribution is -2.05. The smallest absolute Gasteiger partial charge is 0.218 e. The summed E-state index contributed by atoms with van der Waals surface area (Å²) >= 11 is 11.9. The van der Waals surface area contributed by atoms with Gasteiger partial charge in [-0.05, 0) is 23.8 Å². The van der Waals surface area contributed by atoms with E-state index in [9.17, 15) is 0 Å². The largest absolute Gasteiger partial charge is 0.473 e. The van der Waals surface area contributed by atoms with E-state index in [1.165, 1.54) is 4.68 Å². The number of pyridine rings is 1. The molecule has 0 unspecified atom stereocenters. The fraction of sp³-hybridized carbons (Fsp3) is 0.0625. The summed E-state index contributed by atoms with van der Waals surface area (Å²) < 4.78 is 7.29. The Morgan fingerprint density at radius 2 is 1.96 bits per heavy atom. The van der Waals surface area contributed by atoms with Crippen LogP contribution >= 0.6 is 23.2 Å². The first-order valence-corrected chi connectivity index (χ1v) is 7.40. The minimum atomic E-state index is 0.306. The van der Waals surface area contributed by atoms with E-state index in [2.05, 4.69) is 16.2 Å². The average Bonchev–Trinajstić information content (AvgIpc) is 3.04. The van der Waals surface area contributed by atoms with Crippen molar-refractivity contribution >= 4 is 23.2 Å². The van der Waals surface area contributed by atoms with Crippen molar-refractivity contribution < 1.29 is 4.74 Å². The van der Waals surface area contributed by atoms with Crippen LogP contribution in [0, 0.1) is 11.3 Å². The maximum Gasteiger partial charge on any atom is 0.218 e. The molecule has 0 bridgehead atoms. The van der Waals surface area contributed by atoms with Crippen LogP contribution in [0.5, 0.6) is 5.88 Å². The lowest BCUT2D eigenvalue weighted by Gasteiger charge is -2.09. The Morgan fingerprint density at radius 1 is 1.09 bits per heavy atom. The number of hydrogen-bond acceptors (Lipinski definition) is 4. The fourth-order valence-electron chi connectivity index (χ4n) is 1.96. The monoisotopic (exact) mass is 344 g/mol. The van der Waals surface area contributed by atoms with Gasteiger partial charge in [-0.2, -0.15) is 15.0 Å². The van der Waals surface area contributed by atoms with Crippen molar-refractivity contribution in [3.05, 3.63) is 70.0 Å². The zero-order valence-electron chi connectivity index (χ0n) is 11.8. The minimum absolute atomic E-state index is 0.306. The van der Waals surface area contributed by atoms with Crippen molar-refractivity contribution in [1.29, 1.82) is 5.26 Å². The van der Waals surface area contributed by atoms with E-state index in [0.717, 1.165) is 5.56 Å². The summed E-state index contributed by atoms with van der Waals surface area (Å²) in [6.45, 7) is 0.306. The Bertz CT molecular complexity index is 886. The quantitative estimate of drug-likeness (QED) is 0.716. The zero-order chi connectivity index (χ0) is 16.2. The van der Waals surface area contributed by atoms with E-state index in [4.69, 9.17) is 33.2 Å². The molecule has 0 fully saturated rings. The highest BCUT2D eigenvalue weighted by Crippen LogP contribution is 2.24. The summed E-state index contributed by atoms with van der Waals surface area (Å²) in [5, 5.41) is 14.1. The van der Waals surface area contributed by atoms with Crippen molar-refractivity contribution in [2.75, 3.05) is 0 Å². The number of hydrogen-bond donors (Lipinski definition) is 0. The van der Waals surface area contributed by atoms with Gasteiger partial charge in [-0.1, -0.05) is 29.3 Å². The van der Waals surface area contributed by atoms with Crippen LogP contribution in [0.25, 0.3) is 5.82 Å². The molecular weight excluding hydrogens is 335 g/mol. The van der Waals surface area contributed by atoms with Crippen molar-refractivity contribution in [3.8, 4) is 17.8 Å². The van der Waals surface area contributed by atoms with Gasteiger partial charge in [-0.25, -0.2) is 4.98 Å². The molecule has 7 heteroatoms. The van der Waals surface area contributed by atoms with Gasteiger partial charge >= 0.3 is 0 Å². The van der Waals surface area contributed by atoms with Gasteiger partial charge in [0.2, 0.25) is 5.88 Å². The zero-order valence-corrected chi connectivity index (χ0v) is 13.3. The van der Waals surface area contributed by atoms with Crippen molar-refractivity contribution in [3.63, 3.8) is 0 Å². The first-order valence-electron chi connectivity index (χ1n) is 6.64. The first kappa shape index (κ1) is 15.3. The molecule has 0 amide bonds. The normalized spacial score (nSPS) is 10.3. The summed E-state index contributed by atoms with van der Waals surface area (Å²) in [7, 11) is 0. The summed E-state index contributed by atoms with van der Waals surface area (Å²) in [6.07, 6.45) is 3.16. The predicted octanol–water partition coefficient (Wildman–Crippen LogP) is 4.02. The van der Waals surface area contributed by atoms with Crippen LogP contribution < -0.4 is 4.74 Å². The number of rotatable bonds is 4. The van der Waals surface area contributed by atoms with Crippen LogP contribution in [0.3, 0.4) is 0 Å². The number of nitriles is 1. The third-order valence-corrected chi connectivity index (χ3v) is 3.81. The third-order valence-electron chi connectivity index (χ3n) is 3.07. The number of nitrogens with zero attached hydrogens (tertiary/aromatic N) is 4. The molecule has 0 atom stereocenters. The van der Waals surface area contributed by atoms with Gasteiger partial charge in [0.25, 0.3) is 0 Å². The fourth-order valence-corrected chi connectivity index (χ4v) is 2.28. The second-order valence-electron chi connectivity index (χ2n) is 4.63. The van der Waals surface area contributed by atoms with Gasteiger partial charge in [-0.15, -0.1) is 0 Å². The second-order valence-corrected chi connectivity index (χ2v) is 5.45. The number of ether oxygens (including phenoxy) is 1. The Labute approximate surface area is 142 Å². The molecule has 0 saturated heterocycles. The summed E-state index contributed by atoms with van der Waals surface area (Å²) in [5.41, 5.74) is 1.38. The third kappa shape index (κ3) is 3.45. The van der Waals surface area contributed by atoms with Crippen LogP contribution in [-0.2, 0) is 6.61 Å². The van der Waals surface area contributed by atoms with Crippen LogP contribution in [0.2, 0.25) is 10.0 Å². The molecule has 0 aliphatic rings. The second kappa shape index (κ2) is 6.69. The molecule has 5 nitrogen and oxygen atoms in total. The van der Waals surface area contributed by atoms with Crippen molar-refractivity contribution in [1.82, 2.24) is 14.8 Å². The highest BCUT2D eigenvalue weighted by molar-refractivity contribution is 6.42. The van der Waals surface area contributed by atoms with E-state index in [1.54, 1.807) is 42.7 Å². The Balaban J connectivity index is 1.81. The Morgan fingerprint density at radius 3 is 2.74 bits per heavy atom. The van der Waals surface area contributed by atoms with E-state index in [0.29, 0.717) is 33.9 Å². The molecule has 0 aliphatic heterocycles. The van der Waals surface area contributed by atoms with Gasteiger partial charge in [0.15, 0.2) is 5.82 Å². The Kier molecular flexibility index (Phi) is 4.47.